The van der Waals surface area contributed by atoms with Crippen molar-refractivity contribution in [3.05, 3.63) is 0 Å². The number of unbranched alkanes of at least 4 members (excludes halogenated alkanes) is 6. The van der Waals surface area contributed by atoms with Crippen molar-refractivity contribution in [1.29, 1.82) is 0 Å². The first-order valence-corrected chi connectivity index (χ1v) is 5.23. The van der Waals surface area contributed by atoms with Gasteiger partial charge in [-0.3, -0.25) is 0 Å². The average molecular weight is 207 g/mol. The lowest BCUT2D eigenvalue weighted by Gasteiger charge is -2.01. The summed E-state index contributed by atoms with van der Waals surface area (Å²) in [5.41, 5.74) is 0. The van der Waals surface area contributed by atoms with E-state index >= 15 is 0 Å². The van der Waals surface area contributed by atoms with Crippen LogP contribution in [0.4, 0.5) is 0 Å². The lowest BCUT2D eigenvalue weighted by atomic mass is 10.1. The predicted molar refractivity (Wildman–Crippen MR) is 51.4 cm³/mol. The van der Waals surface area contributed by atoms with Crippen LogP contribution in [0.2, 0.25) is 0 Å². The smallest absolute Gasteiger partial charge is 0.0855 e. The predicted octanol–water partition coefficient (Wildman–Crippen LogP) is 2.42. The molecule has 0 amide bonds. The lowest BCUT2D eigenvalue weighted by Crippen LogP contribution is -2.03. The number of hydrogen-bond acceptors (Lipinski definition) is 5. The Morgan fingerprint density at radius 1 is 0.857 bits per heavy atom. The number of nitrogens with two attached hydrogens (primary N) is 1. The number of rotatable bonds is 11. The van der Waals surface area contributed by atoms with Crippen LogP contribution in [-0.4, -0.2) is 6.61 Å². The maximum atomic E-state index is 4.57. The Hall–Kier alpha value is -0.200. The van der Waals surface area contributed by atoms with E-state index in [1.54, 1.807) is 0 Å². The van der Waals surface area contributed by atoms with E-state index in [2.05, 4.69) is 32.8 Å². The third-order valence-corrected chi connectivity index (χ3v) is 1.95. The summed E-state index contributed by atoms with van der Waals surface area (Å²) in [7, 11) is 0. The summed E-state index contributed by atoms with van der Waals surface area (Å²) < 4.78 is 0. The van der Waals surface area contributed by atoms with Crippen molar-refractivity contribution >= 4 is 0 Å². The van der Waals surface area contributed by atoms with E-state index in [-0.39, 0.29) is 0 Å². The molecule has 0 unspecified atom stereocenters. The second-order valence-electron chi connectivity index (χ2n) is 3.18. The first kappa shape index (κ1) is 13.8. The van der Waals surface area contributed by atoms with Crippen LogP contribution in [0.15, 0.2) is 0 Å². The van der Waals surface area contributed by atoms with Crippen molar-refractivity contribution in [3.63, 3.8) is 0 Å². The second-order valence-corrected chi connectivity index (χ2v) is 3.18. The second kappa shape index (κ2) is 12.8. The van der Waals surface area contributed by atoms with Gasteiger partial charge in [0.05, 0.1) is 6.61 Å². The molecule has 0 aliphatic carbocycles. The summed E-state index contributed by atoms with van der Waals surface area (Å²) in [6, 6.07) is 0. The highest BCUT2D eigenvalue weighted by molar-refractivity contribution is 4.43. The highest BCUT2D eigenvalue weighted by Crippen LogP contribution is 2.06. The molecule has 0 spiro atoms. The van der Waals surface area contributed by atoms with E-state index in [4.69, 9.17) is 0 Å². The molecule has 0 rings (SSSR count). The van der Waals surface area contributed by atoms with Crippen LogP contribution >= 0.6 is 0 Å². The van der Waals surface area contributed by atoms with Gasteiger partial charge in [-0.15, -0.1) is 4.99 Å². The fraction of sp³-hybridized carbons (Fsp3) is 1.00. The van der Waals surface area contributed by atoms with Gasteiger partial charge in [0.15, 0.2) is 0 Å². The summed E-state index contributed by atoms with van der Waals surface area (Å²) in [4.78, 5) is 8.24. The summed E-state index contributed by atoms with van der Waals surface area (Å²) >= 11 is 0. The molecule has 0 saturated heterocycles. The summed E-state index contributed by atoms with van der Waals surface area (Å²) in [6.07, 6.45) is 8.61. The zero-order valence-corrected chi connectivity index (χ0v) is 8.87. The Morgan fingerprint density at radius 3 is 2.14 bits per heavy atom. The molecule has 86 valence electrons. The van der Waals surface area contributed by atoms with Crippen molar-refractivity contribution in [2.24, 2.45) is 5.90 Å². The van der Waals surface area contributed by atoms with Crippen LogP contribution in [-0.2, 0) is 20.0 Å². The van der Waals surface area contributed by atoms with E-state index in [0.717, 1.165) is 12.8 Å². The first-order valence-electron chi connectivity index (χ1n) is 5.23. The molecular weight excluding hydrogens is 186 g/mol. The third kappa shape index (κ3) is 11.8. The maximum Gasteiger partial charge on any atom is 0.0855 e. The van der Waals surface area contributed by atoms with Gasteiger partial charge in [0, 0.05) is 0 Å². The zero-order chi connectivity index (χ0) is 10.5. The molecule has 0 radical (unpaired) electrons. The molecule has 0 aliphatic heterocycles. The first-order chi connectivity index (χ1) is 6.91. The Kier molecular flexibility index (Phi) is 12.6. The van der Waals surface area contributed by atoms with Crippen molar-refractivity contribution in [3.8, 4) is 0 Å². The van der Waals surface area contributed by atoms with Gasteiger partial charge < -0.3 is 0 Å². The summed E-state index contributed by atoms with van der Waals surface area (Å²) in [5, 5.41) is 7.93. The SMILES string of the molecule is CCCCCCCCCOOOON. The van der Waals surface area contributed by atoms with Crippen LogP contribution in [0.5, 0.6) is 0 Å². The molecule has 14 heavy (non-hydrogen) atoms. The topological polar surface area (TPSA) is 62.9 Å². The largest absolute Gasteiger partial charge is 0.204 e. The van der Waals surface area contributed by atoms with Gasteiger partial charge in [-0.05, 0) is 16.5 Å². The lowest BCUT2D eigenvalue weighted by molar-refractivity contribution is -0.636. The van der Waals surface area contributed by atoms with Crippen LogP contribution in [0.1, 0.15) is 51.9 Å². The van der Waals surface area contributed by atoms with E-state index in [0.29, 0.717) is 6.61 Å². The molecule has 2 N–H and O–H groups in total. The molecule has 0 aliphatic rings. The Morgan fingerprint density at radius 2 is 1.50 bits per heavy atom. The number of hydrogen-bond donors (Lipinski definition) is 1. The van der Waals surface area contributed by atoms with E-state index in [1.165, 1.54) is 32.1 Å². The molecule has 0 bridgehead atoms. The normalized spacial score (nSPS) is 10.7. The molecule has 5 nitrogen and oxygen atoms in total. The highest BCUT2D eigenvalue weighted by Gasteiger charge is 1.92. The van der Waals surface area contributed by atoms with Gasteiger partial charge in [0.1, 0.15) is 0 Å². The molecule has 0 atom stereocenters. The molecular formula is C9H21NO4. The Bertz CT molecular complexity index is 90.8. The highest BCUT2D eigenvalue weighted by atomic mass is 17.7. The molecule has 0 aromatic rings. The van der Waals surface area contributed by atoms with E-state index < -0.39 is 0 Å². The Labute approximate surface area is 85.2 Å². The maximum absolute atomic E-state index is 4.57. The fourth-order valence-electron chi connectivity index (χ4n) is 1.19. The van der Waals surface area contributed by atoms with Crippen LogP contribution in [0.25, 0.3) is 0 Å². The van der Waals surface area contributed by atoms with E-state index in [1.807, 2.05) is 0 Å². The quantitative estimate of drug-likeness (QED) is 0.320. The molecule has 5 heteroatoms. The van der Waals surface area contributed by atoms with Crippen molar-refractivity contribution < 1.29 is 20.0 Å². The minimum absolute atomic E-state index is 0.497. The van der Waals surface area contributed by atoms with Gasteiger partial charge in [0.2, 0.25) is 0 Å². The van der Waals surface area contributed by atoms with Gasteiger partial charge >= 0.3 is 0 Å². The van der Waals surface area contributed by atoms with E-state index in [9.17, 15) is 0 Å². The minimum Gasteiger partial charge on any atom is -0.204 e. The fourth-order valence-corrected chi connectivity index (χ4v) is 1.19. The average Bonchev–Trinajstić information content (AvgIpc) is 2.21. The van der Waals surface area contributed by atoms with Crippen LogP contribution in [0.3, 0.4) is 0 Å². The standard InChI is InChI=1S/C9H21NO4/c1-2-3-4-5-6-7-8-9-11-13-14-12-10/h2-10H2,1H3. The molecule has 0 aromatic carbocycles. The summed E-state index contributed by atoms with van der Waals surface area (Å²) in [6.45, 7) is 2.71. The van der Waals surface area contributed by atoms with Gasteiger partial charge in [-0.25, -0.2) is 4.89 Å². The zero-order valence-electron chi connectivity index (χ0n) is 8.87. The van der Waals surface area contributed by atoms with Crippen LogP contribution < -0.4 is 5.90 Å². The van der Waals surface area contributed by atoms with Crippen LogP contribution in [0, 0.1) is 0 Å². The molecule has 0 aromatic heterocycles. The minimum atomic E-state index is 0.497. The van der Waals surface area contributed by atoms with Crippen molar-refractivity contribution in [1.82, 2.24) is 0 Å². The van der Waals surface area contributed by atoms with Gasteiger partial charge in [-0.1, -0.05) is 45.4 Å². The third-order valence-electron chi connectivity index (χ3n) is 1.95. The van der Waals surface area contributed by atoms with Gasteiger partial charge in [-0.2, -0.15) is 5.90 Å². The van der Waals surface area contributed by atoms with Gasteiger partial charge in [0.25, 0.3) is 0 Å². The molecule has 0 fully saturated rings. The monoisotopic (exact) mass is 207 g/mol. The molecule has 0 saturated carbocycles. The van der Waals surface area contributed by atoms with Crippen molar-refractivity contribution in [2.45, 2.75) is 51.9 Å². The Balaban J connectivity index is 2.78. The summed E-state index contributed by atoms with van der Waals surface area (Å²) in [5.74, 6) is 4.51. The van der Waals surface area contributed by atoms with Crippen molar-refractivity contribution in [2.75, 3.05) is 6.61 Å². The molecule has 0 heterocycles.